The van der Waals surface area contributed by atoms with Gasteiger partial charge in [0.2, 0.25) is 0 Å². The van der Waals surface area contributed by atoms with Crippen LogP contribution in [0.3, 0.4) is 0 Å². The van der Waals surface area contributed by atoms with Gasteiger partial charge in [-0.25, -0.2) is 4.79 Å². The summed E-state index contributed by atoms with van der Waals surface area (Å²) in [5, 5.41) is 11.1. The van der Waals surface area contributed by atoms with Gasteiger partial charge in [-0.15, -0.1) is 0 Å². The van der Waals surface area contributed by atoms with Crippen molar-refractivity contribution in [2.75, 3.05) is 0 Å². The van der Waals surface area contributed by atoms with E-state index in [0.717, 1.165) is 10.6 Å². The first kappa shape index (κ1) is 19.5. The molecule has 1 aliphatic heterocycles. The number of hydrogen-bond acceptors (Lipinski definition) is 5. The maximum absolute atomic E-state index is 13.0. The molecular formula is C20H17F2N5O3. The fourth-order valence-corrected chi connectivity index (χ4v) is 3.22. The van der Waals surface area contributed by atoms with Gasteiger partial charge in [0.05, 0.1) is 18.4 Å². The summed E-state index contributed by atoms with van der Waals surface area (Å²) >= 11 is 0. The number of nitrogens with one attached hydrogen (secondary N) is 1. The third-order valence-corrected chi connectivity index (χ3v) is 4.78. The van der Waals surface area contributed by atoms with Gasteiger partial charge in [-0.05, 0) is 36.8 Å². The fraction of sp³-hybridized carbons (Fsp3) is 0.200. The summed E-state index contributed by atoms with van der Waals surface area (Å²) in [6.45, 7) is -1.45. The van der Waals surface area contributed by atoms with Gasteiger partial charge in [0.1, 0.15) is 17.0 Å². The zero-order chi connectivity index (χ0) is 21.3. The molecular weight excluding hydrogens is 396 g/mol. The highest BCUT2D eigenvalue weighted by atomic mass is 19.3. The second-order valence-electron chi connectivity index (χ2n) is 6.81. The number of para-hydroxylation sites is 1. The van der Waals surface area contributed by atoms with Gasteiger partial charge in [0.15, 0.2) is 0 Å². The van der Waals surface area contributed by atoms with Crippen LogP contribution in [0.25, 0.3) is 5.69 Å². The number of hydrogen-bond donors (Lipinski definition) is 1. The highest BCUT2D eigenvalue weighted by Gasteiger charge is 2.49. The number of rotatable bonds is 6. The van der Waals surface area contributed by atoms with E-state index in [2.05, 4.69) is 20.3 Å². The number of carbonyl (C=O) groups is 2. The molecule has 0 spiro atoms. The summed E-state index contributed by atoms with van der Waals surface area (Å²) in [6, 6.07) is 14.2. The standard InChI is InChI=1S/C20H17F2N5O3/c1-20(13-7-9-16(10-8-13)30-18(21)22)17(28)26(19(29)24-20)12-14-11-23-27(25-14)15-5-3-2-4-6-15/h2-11,18H,12H2,1H3,(H,24,29). The van der Waals surface area contributed by atoms with E-state index in [1.165, 1.54) is 35.3 Å². The molecule has 1 saturated heterocycles. The molecule has 30 heavy (non-hydrogen) atoms. The van der Waals surface area contributed by atoms with Crippen LogP contribution in [-0.4, -0.2) is 38.4 Å². The summed E-state index contributed by atoms with van der Waals surface area (Å²) < 4.78 is 29.0. The molecule has 8 nitrogen and oxygen atoms in total. The number of alkyl halides is 2. The highest BCUT2D eigenvalue weighted by Crippen LogP contribution is 2.31. The lowest BCUT2D eigenvalue weighted by Gasteiger charge is -2.22. The Hall–Kier alpha value is -3.82. The van der Waals surface area contributed by atoms with Crippen molar-refractivity contribution in [1.29, 1.82) is 0 Å². The largest absolute Gasteiger partial charge is 0.435 e. The van der Waals surface area contributed by atoms with Gasteiger partial charge in [-0.1, -0.05) is 30.3 Å². The molecule has 0 radical (unpaired) electrons. The van der Waals surface area contributed by atoms with E-state index in [9.17, 15) is 18.4 Å². The minimum atomic E-state index is -2.95. The fourth-order valence-electron chi connectivity index (χ4n) is 3.22. The number of ether oxygens (including phenoxy) is 1. The second kappa shape index (κ2) is 7.54. The average molecular weight is 413 g/mol. The second-order valence-corrected chi connectivity index (χ2v) is 6.81. The van der Waals surface area contributed by atoms with Gasteiger partial charge in [-0.2, -0.15) is 23.8 Å². The molecule has 0 aliphatic carbocycles. The number of aromatic nitrogens is 3. The molecule has 2 aromatic carbocycles. The Balaban J connectivity index is 1.52. The van der Waals surface area contributed by atoms with Crippen LogP contribution >= 0.6 is 0 Å². The van der Waals surface area contributed by atoms with Crippen LogP contribution in [0.2, 0.25) is 0 Å². The van der Waals surface area contributed by atoms with Gasteiger partial charge in [0, 0.05) is 0 Å². The topological polar surface area (TPSA) is 89.3 Å². The van der Waals surface area contributed by atoms with Crippen molar-refractivity contribution in [1.82, 2.24) is 25.2 Å². The Morgan fingerprint density at radius 2 is 1.80 bits per heavy atom. The van der Waals surface area contributed by atoms with E-state index < -0.39 is 24.1 Å². The van der Waals surface area contributed by atoms with Crippen LogP contribution in [0.5, 0.6) is 5.75 Å². The average Bonchev–Trinajstić information content (AvgIpc) is 3.28. The number of amides is 3. The molecule has 154 valence electrons. The minimum absolute atomic E-state index is 0.0384. The number of halogens is 2. The summed E-state index contributed by atoms with van der Waals surface area (Å²) in [4.78, 5) is 28.0. The lowest BCUT2D eigenvalue weighted by atomic mass is 9.92. The van der Waals surface area contributed by atoms with Crippen LogP contribution in [-0.2, 0) is 16.9 Å². The molecule has 1 unspecified atom stereocenters. The van der Waals surface area contributed by atoms with Crippen LogP contribution in [0.4, 0.5) is 13.6 Å². The zero-order valence-corrected chi connectivity index (χ0v) is 15.8. The monoisotopic (exact) mass is 413 g/mol. The van der Waals surface area contributed by atoms with E-state index in [0.29, 0.717) is 11.3 Å². The summed E-state index contributed by atoms with van der Waals surface area (Å²) in [7, 11) is 0. The van der Waals surface area contributed by atoms with Crippen molar-refractivity contribution < 1.29 is 23.1 Å². The maximum Gasteiger partial charge on any atom is 0.387 e. The molecule has 10 heteroatoms. The highest BCUT2D eigenvalue weighted by molar-refractivity contribution is 6.07. The molecule has 1 fully saturated rings. The third kappa shape index (κ3) is 3.59. The lowest BCUT2D eigenvalue weighted by Crippen LogP contribution is -2.40. The van der Waals surface area contributed by atoms with Gasteiger partial charge in [0.25, 0.3) is 5.91 Å². The SMILES string of the molecule is CC1(c2ccc(OC(F)F)cc2)NC(=O)N(Cc2cnn(-c3ccccc3)n2)C1=O. The van der Waals surface area contributed by atoms with Crippen molar-refractivity contribution in [3.63, 3.8) is 0 Å². The van der Waals surface area contributed by atoms with E-state index in [-0.39, 0.29) is 12.3 Å². The third-order valence-electron chi connectivity index (χ3n) is 4.78. The minimum Gasteiger partial charge on any atom is -0.435 e. The van der Waals surface area contributed by atoms with E-state index in [4.69, 9.17) is 0 Å². The first-order chi connectivity index (χ1) is 14.4. The number of benzene rings is 2. The van der Waals surface area contributed by atoms with Crippen LogP contribution in [0.1, 0.15) is 18.2 Å². The van der Waals surface area contributed by atoms with Crippen molar-refractivity contribution in [3.05, 3.63) is 72.1 Å². The first-order valence-electron chi connectivity index (χ1n) is 9.03. The first-order valence-corrected chi connectivity index (χ1v) is 9.03. The Morgan fingerprint density at radius 3 is 2.47 bits per heavy atom. The molecule has 3 amide bonds. The Morgan fingerprint density at radius 1 is 1.10 bits per heavy atom. The molecule has 1 atom stereocenters. The summed E-state index contributed by atoms with van der Waals surface area (Å²) in [5.74, 6) is -0.521. The molecule has 0 bridgehead atoms. The smallest absolute Gasteiger partial charge is 0.387 e. The normalized spacial score (nSPS) is 18.7. The predicted octanol–water partition coefficient (Wildman–Crippen LogP) is 2.84. The van der Waals surface area contributed by atoms with Gasteiger partial charge in [-0.3, -0.25) is 9.69 Å². The van der Waals surface area contributed by atoms with Crippen molar-refractivity contribution >= 4 is 11.9 Å². The number of carbonyl (C=O) groups excluding carboxylic acids is 2. The molecule has 3 aromatic rings. The van der Waals surface area contributed by atoms with E-state index in [1.807, 2.05) is 30.3 Å². The maximum atomic E-state index is 13.0. The zero-order valence-electron chi connectivity index (χ0n) is 15.8. The van der Waals surface area contributed by atoms with Crippen LogP contribution in [0, 0.1) is 0 Å². The number of urea groups is 1. The van der Waals surface area contributed by atoms with Crippen LogP contribution < -0.4 is 10.1 Å². The predicted molar refractivity (Wildman–Crippen MR) is 101 cm³/mol. The number of imide groups is 1. The lowest BCUT2D eigenvalue weighted by molar-refractivity contribution is -0.131. The molecule has 4 rings (SSSR count). The Bertz CT molecular complexity index is 1070. The van der Waals surface area contributed by atoms with E-state index >= 15 is 0 Å². The van der Waals surface area contributed by atoms with Gasteiger partial charge >= 0.3 is 12.6 Å². The Labute approximate surface area is 170 Å². The Kier molecular flexibility index (Phi) is 4.90. The quantitative estimate of drug-likeness (QED) is 0.628. The summed E-state index contributed by atoms with van der Waals surface area (Å²) in [6.07, 6.45) is 1.49. The van der Waals surface area contributed by atoms with Crippen molar-refractivity contribution in [2.24, 2.45) is 0 Å². The molecule has 1 N–H and O–H groups in total. The van der Waals surface area contributed by atoms with Crippen molar-refractivity contribution in [2.45, 2.75) is 25.6 Å². The molecule has 1 aliphatic rings. The molecule has 1 aromatic heterocycles. The van der Waals surface area contributed by atoms with Crippen molar-refractivity contribution in [3.8, 4) is 11.4 Å². The molecule has 0 saturated carbocycles. The summed E-state index contributed by atoms with van der Waals surface area (Å²) in [5.41, 5.74) is 0.289. The van der Waals surface area contributed by atoms with Gasteiger partial charge < -0.3 is 10.1 Å². The van der Waals surface area contributed by atoms with Crippen LogP contribution in [0.15, 0.2) is 60.8 Å². The number of nitrogens with zero attached hydrogens (tertiary/aromatic N) is 4. The molecule has 2 heterocycles. The van der Waals surface area contributed by atoms with E-state index in [1.54, 1.807) is 6.92 Å².